The summed E-state index contributed by atoms with van der Waals surface area (Å²) in [6.45, 7) is 1.48. The maximum atomic E-state index is 11.9. The van der Waals surface area contributed by atoms with E-state index in [1.165, 1.54) is 0 Å². The molecule has 1 fully saturated rings. The van der Waals surface area contributed by atoms with Gasteiger partial charge in [0.25, 0.3) is 0 Å². The van der Waals surface area contributed by atoms with Crippen LogP contribution in [0.15, 0.2) is 36.5 Å². The minimum Gasteiger partial charge on any atom is -0.351 e. The fourth-order valence-electron chi connectivity index (χ4n) is 2.43. The molecule has 0 saturated carbocycles. The van der Waals surface area contributed by atoms with Gasteiger partial charge in [0.2, 0.25) is 5.91 Å². The molecule has 2 N–H and O–H groups in total. The van der Waals surface area contributed by atoms with E-state index < -0.39 is 0 Å². The van der Waals surface area contributed by atoms with Crippen molar-refractivity contribution in [1.82, 2.24) is 15.6 Å². The van der Waals surface area contributed by atoms with Crippen molar-refractivity contribution in [3.05, 3.63) is 42.1 Å². The molecule has 21 heavy (non-hydrogen) atoms. The number of rotatable bonds is 3. The molecule has 0 radical (unpaired) electrons. The minimum atomic E-state index is -0.0200. The predicted molar refractivity (Wildman–Crippen MR) is 89.1 cm³/mol. The smallest absolute Gasteiger partial charge is 0.237 e. The second kappa shape index (κ2) is 8.17. The van der Waals surface area contributed by atoms with Crippen LogP contribution in [0.4, 0.5) is 0 Å². The van der Waals surface area contributed by atoms with Crippen molar-refractivity contribution in [2.24, 2.45) is 0 Å². The van der Waals surface area contributed by atoms with E-state index in [1.807, 2.05) is 30.5 Å². The second-order valence-corrected chi connectivity index (χ2v) is 4.90. The number of para-hydroxylation sites is 1. The molecule has 3 rings (SSSR count). The van der Waals surface area contributed by atoms with Gasteiger partial charge in [0.05, 0.1) is 11.6 Å². The van der Waals surface area contributed by atoms with Gasteiger partial charge in [0.1, 0.15) is 0 Å². The number of nitrogens with zero attached hydrogens (tertiary/aromatic N) is 1. The van der Waals surface area contributed by atoms with Crippen molar-refractivity contribution in [3.8, 4) is 0 Å². The third kappa shape index (κ3) is 4.30. The Morgan fingerprint density at radius 2 is 2.14 bits per heavy atom. The molecule has 0 aliphatic carbocycles. The van der Waals surface area contributed by atoms with E-state index in [9.17, 15) is 4.79 Å². The third-order valence-electron chi connectivity index (χ3n) is 3.49. The summed E-state index contributed by atoms with van der Waals surface area (Å²) < 4.78 is 0. The zero-order chi connectivity index (χ0) is 13.1. The Labute approximate surface area is 136 Å². The lowest BCUT2D eigenvalue weighted by Crippen LogP contribution is -2.40. The van der Waals surface area contributed by atoms with Crippen LogP contribution >= 0.6 is 24.8 Å². The number of carbonyl (C=O) groups is 1. The molecule has 2 heterocycles. The van der Waals surface area contributed by atoms with Gasteiger partial charge in [0, 0.05) is 18.1 Å². The molecular formula is C15H19Cl2N3O. The molecule has 6 heteroatoms. The van der Waals surface area contributed by atoms with Gasteiger partial charge >= 0.3 is 0 Å². The van der Waals surface area contributed by atoms with Crippen molar-refractivity contribution in [2.45, 2.75) is 25.4 Å². The van der Waals surface area contributed by atoms with Crippen LogP contribution in [-0.2, 0) is 11.3 Å². The third-order valence-corrected chi connectivity index (χ3v) is 3.49. The molecule has 1 unspecified atom stereocenters. The highest BCUT2D eigenvalue weighted by Gasteiger charge is 2.21. The Bertz CT molecular complexity index is 600. The molecule has 1 atom stereocenters. The lowest BCUT2D eigenvalue weighted by atomic mass is 10.1. The predicted octanol–water partition coefficient (Wildman–Crippen LogP) is 2.45. The number of fused-ring (bicyclic) bond motifs is 1. The molecule has 0 spiro atoms. The Morgan fingerprint density at radius 1 is 1.33 bits per heavy atom. The summed E-state index contributed by atoms with van der Waals surface area (Å²) >= 11 is 0. The number of hydrogen-bond acceptors (Lipinski definition) is 3. The normalized spacial score (nSPS) is 16.9. The van der Waals surface area contributed by atoms with Crippen LogP contribution in [0.1, 0.15) is 18.4 Å². The van der Waals surface area contributed by atoms with Gasteiger partial charge in [-0.1, -0.05) is 18.2 Å². The number of aromatic nitrogens is 1. The monoisotopic (exact) mass is 327 g/mol. The topological polar surface area (TPSA) is 54.0 Å². The quantitative estimate of drug-likeness (QED) is 0.910. The molecule has 1 saturated heterocycles. The van der Waals surface area contributed by atoms with Crippen molar-refractivity contribution < 1.29 is 4.79 Å². The number of halogens is 2. The van der Waals surface area contributed by atoms with E-state index in [0.717, 1.165) is 35.9 Å². The van der Waals surface area contributed by atoms with Crippen molar-refractivity contribution in [3.63, 3.8) is 0 Å². The van der Waals surface area contributed by atoms with Crippen LogP contribution in [-0.4, -0.2) is 23.5 Å². The fraction of sp³-hybridized carbons (Fsp3) is 0.333. The Kier molecular flexibility index (Phi) is 6.89. The molecule has 2 aromatic rings. The van der Waals surface area contributed by atoms with E-state index >= 15 is 0 Å². The van der Waals surface area contributed by atoms with E-state index in [4.69, 9.17) is 0 Å². The van der Waals surface area contributed by atoms with Gasteiger partial charge in [-0.15, -0.1) is 24.8 Å². The number of hydrogen-bond donors (Lipinski definition) is 2. The number of carbonyl (C=O) groups excluding carboxylic acids is 1. The van der Waals surface area contributed by atoms with Crippen LogP contribution in [0.3, 0.4) is 0 Å². The zero-order valence-corrected chi connectivity index (χ0v) is 13.2. The van der Waals surface area contributed by atoms with Crippen molar-refractivity contribution in [1.29, 1.82) is 0 Å². The molecule has 1 aliphatic rings. The fourth-order valence-corrected chi connectivity index (χ4v) is 2.43. The largest absolute Gasteiger partial charge is 0.351 e. The van der Waals surface area contributed by atoms with Crippen molar-refractivity contribution in [2.75, 3.05) is 6.54 Å². The van der Waals surface area contributed by atoms with Gasteiger partial charge in [0.15, 0.2) is 0 Å². The molecule has 4 nitrogen and oxygen atoms in total. The first-order valence-corrected chi connectivity index (χ1v) is 6.68. The summed E-state index contributed by atoms with van der Waals surface area (Å²) in [5, 5.41) is 7.26. The van der Waals surface area contributed by atoms with Gasteiger partial charge in [-0.3, -0.25) is 9.78 Å². The minimum absolute atomic E-state index is 0. The molecule has 114 valence electrons. The summed E-state index contributed by atoms with van der Waals surface area (Å²) in [6.07, 6.45) is 3.84. The van der Waals surface area contributed by atoms with Crippen LogP contribution < -0.4 is 10.6 Å². The number of amides is 1. The van der Waals surface area contributed by atoms with Gasteiger partial charge < -0.3 is 10.6 Å². The van der Waals surface area contributed by atoms with Crippen LogP contribution in [0.5, 0.6) is 0 Å². The molecule has 1 amide bonds. The van der Waals surface area contributed by atoms with Crippen LogP contribution in [0.25, 0.3) is 10.9 Å². The maximum absolute atomic E-state index is 11.9. The lowest BCUT2D eigenvalue weighted by molar-refractivity contribution is -0.122. The average Bonchev–Trinajstić information content (AvgIpc) is 2.99. The van der Waals surface area contributed by atoms with E-state index in [2.05, 4.69) is 21.7 Å². The van der Waals surface area contributed by atoms with Crippen LogP contribution in [0, 0.1) is 0 Å². The van der Waals surface area contributed by atoms with E-state index in [1.54, 1.807) is 0 Å². The Hall–Kier alpha value is -1.36. The van der Waals surface area contributed by atoms with Crippen molar-refractivity contribution >= 4 is 41.6 Å². The van der Waals surface area contributed by atoms with Crippen LogP contribution in [0.2, 0.25) is 0 Å². The molecule has 1 aromatic heterocycles. The Morgan fingerprint density at radius 3 is 2.90 bits per heavy atom. The molecule has 1 aromatic carbocycles. The van der Waals surface area contributed by atoms with E-state index in [0.29, 0.717) is 6.54 Å². The highest BCUT2D eigenvalue weighted by Crippen LogP contribution is 2.12. The van der Waals surface area contributed by atoms with Gasteiger partial charge in [-0.25, -0.2) is 0 Å². The summed E-state index contributed by atoms with van der Waals surface area (Å²) in [4.78, 5) is 16.3. The zero-order valence-electron chi connectivity index (χ0n) is 11.5. The first-order chi connectivity index (χ1) is 9.33. The number of benzene rings is 1. The van der Waals surface area contributed by atoms with Gasteiger partial charge in [-0.2, -0.15) is 0 Å². The number of nitrogens with one attached hydrogen (secondary N) is 2. The number of pyridine rings is 1. The average molecular weight is 328 g/mol. The van der Waals surface area contributed by atoms with E-state index in [-0.39, 0.29) is 36.8 Å². The summed E-state index contributed by atoms with van der Waals surface area (Å²) in [5.74, 6) is 0.0886. The second-order valence-electron chi connectivity index (χ2n) is 4.90. The van der Waals surface area contributed by atoms with Gasteiger partial charge in [-0.05, 0) is 37.1 Å². The first kappa shape index (κ1) is 17.7. The molecule has 1 aliphatic heterocycles. The summed E-state index contributed by atoms with van der Waals surface area (Å²) in [5.41, 5.74) is 2.01. The molecule has 0 bridgehead atoms. The highest BCUT2D eigenvalue weighted by molar-refractivity contribution is 5.85. The standard InChI is InChI=1S/C15H17N3O.2ClH/c19-15(14-6-3-7-16-14)18-10-11-8-12-4-1-2-5-13(12)17-9-11;;/h1-2,4-5,8-9,14,16H,3,6-7,10H2,(H,18,19);2*1H. The highest BCUT2D eigenvalue weighted by atomic mass is 35.5. The SMILES string of the molecule is Cl.Cl.O=C(NCc1cnc2ccccc2c1)C1CCCN1. The summed E-state index contributed by atoms with van der Waals surface area (Å²) in [7, 11) is 0. The molecular weight excluding hydrogens is 309 g/mol. The first-order valence-electron chi connectivity index (χ1n) is 6.68. The Balaban J connectivity index is 0.00000110. The lowest BCUT2D eigenvalue weighted by Gasteiger charge is -2.11. The summed E-state index contributed by atoms with van der Waals surface area (Å²) in [6, 6.07) is 10.0. The maximum Gasteiger partial charge on any atom is 0.237 e.